The highest BCUT2D eigenvalue weighted by Crippen LogP contribution is 2.15. The molecular weight excluding hydrogens is 260 g/mol. The SMILES string of the molecule is CCCCCCCCCCCCC=CC1=C[C@H](C)OC1=O. The third kappa shape index (κ3) is 8.75. The molecule has 0 aliphatic carbocycles. The van der Waals surface area contributed by atoms with Gasteiger partial charge in [-0.25, -0.2) is 4.79 Å². The number of ether oxygens (including phenoxy) is 1. The summed E-state index contributed by atoms with van der Waals surface area (Å²) in [5.41, 5.74) is 0.717. The summed E-state index contributed by atoms with van der Waals surface area (Å²) < 4.78 is 5.05. The molecule has 1 aliphatic heterocycles. The van der Waals surface area contributed by atoms with E-state index >= 15 is 0 Å². The fourth-order valence-electron chi connectivity index (χ4n) is 2.68. The minimum absolute atomic E-state index is 0.0607. The smallest absolute Gasteiger partial charge is 0.338 e. The Balaban J connectivity index is 1.89. The monoisotopic (exact) mass is 292 g/mol. The molecule has 0 N–H and O–H groups in total. The summed E-state index contributed by atoms with van der Waals surface area (Å²) in [5, 5.41) is 0. The van der Waals surface area contributed by atoms with E-state index in [1.807, 2.05) is 19.1 Å². The molecule has 1 aliphatic rings. The summed E-state index contributed by atoms with van der Waals surface area (Å²) in [6, 6.07) is 0. The third-order valence-corrected chi connectivity index (χ3v) is 3.96. The van der Waals surface area contributed by atoms with Gasteiger partial charge in [0.05, 0.1) is 5.57 Å². The van der Waals surface area contributed by atoms with Gasteiger partial charge in [0.1, 0.15) is 6.10 Å². The molecule has 0 amide bonds. The van der Waals surface area contributed by atoms with Gasteiger partial charge in [0.25, 0.3) is 0 Å². The Hall–Kier alpha value is -1.05. The minimum atomic E-state index is -0.179. The van der Waals surface area contributed by atoms with Crippen LogP contribution in [-0.4, -0.2) is 12.1 Å². The van der Waals surface area contributed by atoms with Gasteiger partial charge < -0.3 is 4.74 Å². The lowest BCUT2D eigenvalue weighted by Crippen LogP contribution is -2.02. The maximum Gasteiger partial charge on any atom is 0.338 e. The number of rotatable bonds is 12. The highest BCUT2D eigenvalue weighted by Gasteiger charge is 2.19. The zero-order valence-corrected chi connectivity index (χ0v) is 13.9. The van der Waals surface area contributed by atoms with Gasteiger partial charge in [0.2, 0.25) is 0 Å². The van der Waals surface area contributed by atoms with Crippen molar-refractivity contribution in [3.8, 4) is 0 Å². The highest BCUT2D eigenvalue weighted by atomic mass is 16.5. The van der Waals surface area contributed by atoms with Crippen molar-refractivity contribution in [2.45, 2.75) is 90.6 Å². The zero-order chi connectivity index (χ0) is 15.3. The Morgan fingerprint density at radius 1 is 1.00 bits per heavy atom. The van der Waals surface area contributed by atoms with E-state index in [0.717, 1.165) is 12.0 Å². The normalized spacial score (nSPS) is 18.3. The fourth-order valence-corrected chi connectivity index (χ4v) is 2.68. The standard InChI is InChI=1S/C19H32O2/c1-3-4-5-6-7-8-9-10-11-12-13-14-15-18-16-17(2)21-19(18)20/h14-17H,3-13H2,1-2H3/t17-/m0/s1. The molecule has 0 fully saturated rings. The first-order valence-corrected chi connectivity index (χ1v) is 8.83. The summed E-state index contributed by atoms with van der Waals surface area (Å²) >= 11 is 0. The number of cyclic esters (lactones) is 1. The Morgan fingerprint density at radius 2 is 1.57 bits per heavy atom. The molecule has 0 unspecified atom stereocenters. The van der Waals surface area contributed by atoms with E-state index in [1.165, 1.54) is 64.2 Å². The Morgan fingerprint density at radius 3 is 2.10 bits per heavy atom. The van der Waals surface area contributed by atoms with Crippen molar-refractivity contribution in [2.75, 3.05) is 0 Å². The Kier molecular flexibility index (Phi) is 9.94. The van der Waals surface area contributed by atoms with Gasteiger partial charge in [0, 0.05) is 0 Å². The van der Waals surface area contributed by atoms with Gasteiger partial charge in [0.15, 0.2) is 0 Å². The van der Waals surface area contributed by atoms with Crippen molar-refractivity contribution in [2.24, 2.45) is 0 Å². The van der Waals surface area contributed by atoms with Crippen LogP contribution >= 0.6 is 0 Å². The number of esters is 1. The minimum Gasteiger partial charge on any atom is -0.455 e. The summed E-state index contributed by atoms with van der Waals surface area (Å²) in [5.74, 6) is -0.179. The van der Waals surface area contributed by atoms with Crippen molar-refractivity contribution in [1.82, 2.24) is 0 Å². The van der Waals surface area contributed by atoms with E-state index < -0.39 is 0 Å². The first-order chi connectivity index (χ1) is 10.2. The molecule has 0 aromatic heterocycles. The molecule has 0 bridgehead atoms. The zero-order valence-electron chi connectivity index (χ0n) is 13.9. The van der Waals surface area contributed by atoms with E-state index in [2.05, 4.69) is 13.0 Å². The van der Waals surface area contributed by atoms with Crippen molar-refractivity contribution < 1.29 is 9.53 Å². The molecule has 0 radical (unpaired) electrons. The van der Waals surface area contributed by atoms with E-state index in [4.69, 9.17) is 4.74 Å². The molecule has 1 atom stereocenters. The van der Waals surface area contributed by atoms with Crippen LogP contribution < -0.4 is 0 Å². The molecule has 0 saturated heterocycles. The third-order valence-electron chi connectivity index (χ3n) is 3.96. The second-order valence-corrected chi connectivity index (χ2v) is 6.11. The second-order valence-electron chi connectivity index (χ2n) is 6.11. The van der Waals surface area contributed by atoms with Crippen LogP contribution in [0.3, 0.4) is 0 Å². The van der Waals surface area contributed by atoms with Crippen molar-refractivity contribution in [3.05, 3.63) is 23.8 Å². The molecule has 2 nitrogen and oxygen atoms in total. The van der Waals surface area contributed by atoms with Gasteiger partial charge in [-0.15, -0.1) is 0 Å². The summed E-state index contributed by atoms with van der Waals surface area (Å²) in [4.78, 5) is 11.4. The van der Waals surface area contributed by atoms with Gasteiger partial charge >= 0.3 is 5.97 Å². The molecular formula is C19H32O2. The maximum atomic E-state index is 11.4. The van der Waals surface area contributed by atoms with Gasteiger partial charge in [-0.1, -0.05) is 76.9 Å². The van der Waals surface area contributed by atoms with E-state index in [1.54, 1.807) is 0 Å². The molecule has 0 spiro atoms. The number of hydrogen-bond donors (Lipinski definition) is 0. The molecule has 0 aromatic rings. The van der Waals surface area contributed by atoms with Gasteiger partial charge in [-0.3, -0.25) is 0 Å². The van der Waals surface area contributed by atoms with Crippen LogP contribution in [0.5, 0.6) is 0 Å². The quantitative estimate of drug-likeness (QED) is 0.339. The van der Waals surface area contributed by atoms with E-state index in [0.29, 0.717) is 0 Å². The highest BCUT2D eigenvalue weighted by molar-refractivity contribution is 5.93. The van der Waals surface area contributed by atoms with Crippen LogP contribution in [0.2, 0.25) is 0 Å². The first kappa shape index (κ1) is 18.0. The molecule has 1 heterocycles. The first-order valence-electron chi connectivity index (χ1n) is 8.83. The van der Waals surface area contributed by atoms with Crippen LogP contribution in [0.4, 0.5) is 0 Å². The number of allylic oxidation sites excluding steroid dienone is 1. The average molecular weight is 292 g/mol. The van der Waals surface area contributed by atoms with Crippen molar-refractivity contribution in [1.29, 1.82) is 0 Å². The van der Waals surface area contributed by atoms with Crippen LogP contribution in [0, 0.1) is 0 Å². The summed E-state index contributed by atoms with van der Waals surface area (Å²) in [6.45, 7) is 4.15. The van der Waals surface area contributed by atoms with Crippen molar-refractivity contribution in [3.63, 3.8) is 0 Å². The number of carbonyl (C=O) groups is 1. The van der Waals surface area contributed by atoms with Crippen LogP contribution in [-0.2, 0) is 9.53 Å². The lowest BCUT2D eigenvalue weighted by Gasteiger charge is -2.01. The lowest BCUT2D eigenvalue weighted by atomic mass is 10.1. The number of carbonyl (C=O) groups excluding carboxylic acids is 1. The van der Waals surface area contributed by atoms with Gasteiger partial charge in [-0.05, 0) is 25.8 Å². The van der Waals surface area contributed by atoms with Crippen molar-refractivity contribution >= 4 is 5.97 Å². The summed E-state index contributed by atoms with van der Waals surface area (Å²) in [7, 11) is 0. The van der Waals surface area contributed by atoms with Crippen LogP contribution in [0.25, 0.3) is 0 Å². The molecule has 0 aromatic carbocycles. The Bertz CT molecular complexity index is 341. The largest absolute Gasteiger partial charge is 0.455 e. The number of hydrogen-bond acceptors (Lipinski definition) is 2. The van der Waals surface area contributed by atoms with Crippen LogP contribution in [0.1, 0.15) is 84.5 Å². The molecule has 2 heteroatoms. The van der Waals surface area contributed by atoms with Gasteiger partial charge in [-0.2, -0.15) is 0 Å². The molecule has 0 saturated carbocycles. The fraction of sp³-hybridized carbons (Fsp3) is 0.737. The van der Waals surface area contributed by atoms with E-state index in [-0.39, 0.29) is 12.1 Å². The average Bonchev–Trinajstić information content (AvgIpc) is 2.78. The predicted octanol–water partition coefficient (Wildman–Crippen LogP) is 5.73. The predicted molar refractivity (Wildman–Crippen MR) is 89.2 cm³/mol. The van der Waals surface area contributed by atoms with Crippen LogP contribution in [0.15, 0.2) is 23.8 Å². The molecule has 120 valence electrons. The molecule has 21 heavy (non-hydrogen) atoms. The second kappa shape index (κ2) is 11.6. The lowest BCUT2D eigenvalue weighted by molar-refractivity contribution is -0.138. The topological polar surface area (TPSA) is 26.3 Å². The maximum absolute atomic E-state index is 11.4. The van der Waals surface area contributed by atoms with E-state index in [9.17, 15) is 4.79 Å². The molecule has 1 rings (SSSR count). The summed E-state index contributed by atoms with van der Waals surface area (Å²) in [6.07, 6.45) is 20.5. The Labute approximate surface area is 130 Å². The number of unbranched alkanes of at least 4 members (excludes halogenated alkanes) is 10.